The van der Waals surface area contributed by atoms with Crippen LogP contribution in [0.3, 0.4) is 0 Å². The summed E-state index contributed by atoms with van der Waals surface area (Å²) in [6, 6.07) is 4.99. The SMILES string of the molecule is CC[C@H](Nc1ccc(S(=O)(=O)NC(C)C)cc1[N+](=O)[O-])[C@@H](O)c1c(F)cccc1F. The molecule has 0 heterocycles. The first-order valence-electron chi connectivity index (χ1n) is 9.17. The van der Waals surface area contributed by atoms with Crippen molar-refractivity contribution >= 4 is 21.4 Å². The Morgan fingerprint density at radius 1 is 1.17 bits per heavy atom. The molecule has 2 aromatic carbocycles. The Hall–Kier alpha value is -2.63. The molecule has 0 aliphatic rings. The van der Waals surface area contributed by atoms with Gasteiger partial charge in [-0.05, 0) is 44.5 Å². The third kappa shape index (κ3) is 5.29. The van der Waals surface area contributed by atoms with Gasteiger partial charge in [0, 0.05) is 12.1 Å². The number of aliphatic hydroxyl groups is 1. The van der Waals surface area contributed by atoms with E-state index in [-0.39, 0.29) is 17.0 Å². The second kappa shape index (κ2) is 9.45. The Balaban J connectivity index is 2.42. The number of hydrogen-bond donors (Lipinski definition) is 3. The summed E-state index contributed by atoms with van der Waals surface area (Å²) in [5.41, 5.74) is -1.20. The Morgan fingerprint density at radius 2 is 1.77 bits per heavy atom. The zero-order valence-electron chi connectivity index (χ0n) is 16.6. The van der Waals surface area contributed by atoms with Crippen LogP contribution in [0.1, 0.15) is 38.9 Å². The molecule has 8 nitrogen and oxygen atoms in total. The van der Waals surface area contributed by atoms with Crippen molar-refractivity contribution in [1.82, 2.24) is 4.72 Å². The number of hydrogen-bond acceptors (Lipinski definition) is 6. The van der Waals surface area contributed by atoms with Gasteiger partial charge in [0.1, 0.15) is 23.4 Å². The molecule has 0 aromatic heterocycles. The van der Waals surface area contributed by atoms with Gasteiger partial charge in [-0.3, -0.25) is 10.1 Å². The Morgan fingerprint density at radius 3 is 2.27 bits per heavy atom. The fourth-order valence-corrected chi connectivity index (χ4v) is 4.20. The molecule has 0 bridgehead atoms. The minimum atomic E-state index is -3.97. The van der Waals surface area contributed by atoms with Gasteiger partial charge in [0.2, 0.25) is 10.0 Å². The molecular weight excluding hydrogens is 420 g/mol. The van der Waals surface area contributed by atoms with Gasteiger partial charge < -0.3 is 10.4 Å². The lowest BCUT2D eigenvalue weighted by Gasteiger charge is -2.25. The molecule has 2 rings (SSSR count). The standard InChI is InChI=1S/C19H23F2N3O5S/c1-4-15(19(25)18-13(20)6-5-7-14(18)21)22-16-9-8-12(10-17(16)24(26)27)30(28,29)23-11(2)3/h5-11,15,19,22-23,25H,4H2,1-3H3/t15-,19+/m0/s1. The van der Waals surface area contributed by atoms with Crippen LogP contribution in [0.15, 0.2) is 41.3 Å². The molecule has 3 N–H and O–H groups in total. The molecule has 11 heteroatoms. The van der Waals surface area contributed by atoms with E-state index in [2.05, 4.69) is 10.0 Å². The quantitative estimate of drug-likeness (QED) is 0.403. The molecule has 0 unspecified atom stereocenters. The van der Waals surface area contributed by atoms with Gasteiger partial charge in [0.25, 0.3) is 5.69 Å². The molecule has 2 aromatic rings. The van der Waals surface area contributed by atoms with Crippen LogP contribution in [-0.4, -0.2) is 30.5 Å². The fraction of sp³-hybridized carbons (Fsp3) is 0.368. The largest absolute Gasteiger partial charge is 0.386 e. The summed E-state index contributed by atoms with van der Waals surface area (Å²) in [7, 11) is -3.97. The van der Waals surface area contributed by atoms with Crippen LogP contribution in [0.2, 0.25) is 0 Å². The number of benzene rings is 2. The van der Waals surface area contributed by atoms with E-state index in [1.165, 1.54) is 12.1 Å². The Labute approximate surface area is 173 Å². The third-order valence-electron chi connectivity index (χ3n) is 4.32. The molecular formula is C19H23F2N3O5S. The van der Waals surface area contributed by atoms with Crippen LogP contribution in [0.5, 0.6) is 0 Å². The maximum Gasteiger partial charge on any atom is 0.293 e. The fourth-order valence-electron chi connectivity index (χ4n) is 2.93. The summed E-state index contributed by atoms with van der Waals surface area (Å²) < 4.78 is 55.0. The van der Waals surface area contributed by atoms with Gasteiger partial charge in [-0.2, -0.15) is 0 Å². The molecule has 30 heavy (non-hydrogen) atoms. The van der Waals surface area contributed by atoms with E-state index in [1.807, 2.05) is 0 Å². The van der Waals surface area contributed by atoms with E-state index in [9.17, 15) is 32.4 Å². The number of nitro groups is 1. The normalized spacial score (nSPS) is 13.8. The molecule has 0 aliphatic heterocycles. The van der Waals surface area contributed by atoms with E-state index in [0.29, 0.717) is 0 Å². The molecule has 0 saturated heterocycles. The van der Waals surface area contributed by atoms with Crippen LogP contribution in [-0.2, 0) is 10.0 Å². The zero-order chi connectivity index (χ0) is 22.6. The van der Waals surface area contributed by atoms with Crippen molar-refractivity contribution < 1.29 is 27.2 Å². The molecule has 164 valence electrons. The number of nitro benzene ring substituents is 1. The topological polar surface area (TPSA) is 122 Å². The van der Waals surface area contributed by atoms with Crippen molar-refractivity contribution in [1.29, 1.82) is 0 Å². The van der Waals surface area contributed by atoms with Gasteiger partial charge in [-0.1, -0.05) is 13.0 Å². The number of sulfonamides is 1. The van der Waals surface area contributed by atoms with E-state index in [0.717, 1.165) is 24.3 Å². The van der Waals surface area contributed by atoms with E-state index >= 15 is 0 Å². The predicted molar refractivity (Wildman–Crippen MR) is 108 cm³/mol. The molecule has 0 radical (unpaired) electrons. The first-order chi connectivity index (χ1) is 14.0. The van der Waals surface area contributed by atoms with Crippen LogP contribution in [0.25, 0.3) is 0 Å². The molecule has 0 saturated carbocycles. The monoisotopic (exact) mass is 443 g/mol. The highest BCUT2D eigenvalue weighted by atomic mass is 32.2. The van der Waals surface area contributed by atoms with Crippen molar-refractivity contribution in [2.45, 2.75) is 50.3 Å². The van der Waals surface area contributed by atoms with Gasteiger partial charge >= 0.3 is 0 Å². The first-order valence-corrected chi connectivity index (χ1v) is 10.7. The predicted octanol–water partition coefficient (Wildman–Crippen LogP) is 3.48. The Kier molecular flexibility index (Phi) is 7.45. The van der Waals surface area contributed by atoms with Crippen molar-refractivity contribution in [3.05, 3.63) is 63.7 Å². The minimum Gasteiger partial charge on any atom is -0.386 e. The average molecular weight is 443 g/mol. The molecule has 0 amide bonds. The van der Waals surface area contributed by atoms with E-state index in [4.69, 9.17) is 0 Å². The summed E-state index contributed by atoms with van der Waals surface area (Å²) in [5.74, 6) is -1.89. The van der Waals surface area contributed by atoms with Crippen molar-refractivity contribution in [3.8, 4) is 0 Å². The van der Waals surface area contributed by atoms with E-state index in [1.54, 1.807) is 20.8 Å². The van der Waals surface area contributed by atoms with Crippen molar-refractivity contribution in [2.75, 3.05) is 5.32 Å². The molecule has 0 spiro atoms. The Bertz CT molecular complexity index is 1010. The summed E-state index contributed by atoms with van der Waals surface area (Å²) in [6.07, 6.45) is -1.47. The summed E-state index contributed by atoms with van der Waals surface area (Å²) in [6.45, 7) is 4.84. The van der Waals surface area contributed by atoms with Crippen LogP contribution >= 0.6 is 0 Å². The highest BCUT2D eigenvalue weighted by Crippen LogP contribution is 2.32. The number of halogens is 2. The maximum atomic E-state index is 14.0. The maximum absolute atomic E-state index is 14.0. The average Bonchev–Trinajstić information content (AvgIpc) is 2.64. The van der Waals surface area contributed by atoms with E-state index < -0.39 is 56.0 Å². The number of nitrogens with zero attached hydrogens (tertiary/aromatic N) is 1. The first kappa shape index (κ1) is 23.6. The lowest BCUT2D eigenvalue weighted by Crippen LogP contribution is -2.30. The van der Waals surface area contributed by atoms with Gasteiger partial charge in [0.15, 0.2) is 0 Å². The van der Waals surface area contributed by atoms with Crippen LogP contribution in [0.4, 0.5) is 20.2 Å². The lowest BCUT2D eigenvalue weighted by atomic mass is 9.98. The van der Waals surface area contributed by atoms with Crippen LogP contribution < -0.4 is 10.0 Å². The summed E-state index contributed by atoms with van der Waals surface area (Å²) in [5, 5.41) is 24.7. The van der Waals surface area contributed by atoms with Gasteiger partial charge in [-0.15, -0.1) is 0 Å². The highest BCUT2D eigenvalue weighted by Gasteiger charge is 2.28. The zero-order valence-corrected chi connectivity index (χ0v) is 17.4. The number of aliphatic hydroxyl groups excluding tert-OH is 1. The number of rotatable bonds is 9. The van der Waals surface area contributed by atoms with Crippen molar-refractivity contribution in [3.63, 3.8) is 0 Å². The summed E-state index contributed by atoms with van der Waals surface area (Å²) in [4.78, 5) is 10.4. The van der Waals surface area contributed by atoms with Gasteiger partial charge in [-0.25, -0.2) is 21.9 Å². The second-order valence-electron chi connectivity index (χ2n) is 6.95. The highest BCUT2D eigenvalue weighted by molar-refractivity contribution is 7.89. The molecule has 2 atom stereocenters. The molecule has 0 aliphatic carbocycles. The van der Waals surface area contributed by atoms with Crippen molar-refractivity contribution in [2.24, 2.45) is 0 Å². The third-order valence-corrected chi connectivity index (χ3v) is 5.98. The van der Waals surface area contributed by atoms with Crippen LogP contribution in [0, 0.1) is 21.7 Å². The minimum absolute atomic E-state index is 0.0915. The number of nitrogens with one attached hydrogen (secondary N) is 2. The lowest BCUT2D eigenvalue weighted by molar-refractivity contribution is -0.384. The smallest absolute Gasteiger partial charge is 0.293 e. The second-order valence-corrected chi connectivity index (χ2v) is 8.67. The van der Waals surface area contributed by atoms with Gasteiger partial charge in [0.05, 0.1) is 21.4 Å². The number of anilines is 1. The summed E-state index contributed by atoms with van der Waals surface area (Å²) >= 11 is 0. The molecule has 0 fully saturated rings.